The van der Waals surface area contributed by atoms with Gasteiger partial charge in [0.2, 0.25) is 5.90 Å². The zero-order valence-corrected chi connectivity index (χ0v) is 9.77. The molecule has 0 saturated carbocycles. The molecule has 1 saturated heterocycles. The Bertz CT molecular complexity index is 391. The predicted octanol–water partition coefficient (Wildman–Crippen LogP) is 0.984. The van der Waals surface area contributed by atoms with Crippen LogP contribution in [-0.2, 0) is 9.47 Å². The van der Waals surface area contributed by atoms with Crippen molar-refractivity contribution in [2.45, 2.75) is 32.0 Å². The number of aromatic nitrogens is 2. The SMILES string of the molecule is CCOC(=N)c1ncc(C2CC[C@@H](CO)O2)[nH]1. The highest BCUT2D eigenvalue weighted by Gasteiger charge is 2.27. The van der Waals surface area contributed by atoms with E-state index in [2.05, 4.69) is 9.97 Å². The first-order valence-corrected chi connectivity index (χ1v) is 5.77. The lowest BCUT2D eigenvalue weighted by Gasteiger charge is -2.09. The first-order chi connectivity index (χ1) is 8.24. The number of aliphatic hydroxyl groups is 1. The largest absolute Gasteiger partial charge is 0.476 e. The number of hydrogen-bond acceptors (Lipinski definition) is 5. The molecule has 94 valence electrons. The van der Waals surface area contributed by atoms with Gasteiger partial charge in [-0.2, -0.15) is 0 Å². The number of nitrogens with zero attached hydrogens (tertiary/aromatic N) is 1. The van der Waals surface area contributed by atoms with E-state index >= 15 is 0 Å². The van der Waals surface area contributed by atoms with Gasteiger partial charge in [-0.25, -0.2) is 4.98 Å². The van der Waals surface area contributed by atoms with Gasteiger partial charge in [-0.1, -0.05) is 0 Å². The van der Waals surface area contributed by atoms with Crippen molar-refractivity contribution in [3.63, 3.8) is 0 Å². The van der Waals surface area contributed by atoms with E-state index in [4.69, 9.17) is 20.0 Å². The van der Waals surface area contributed by atoms with Gasteiger partial charge in [-0.3, -0.25) is 5.41 Å². The number of H-pyrrole nitrogens is 1. The summed E-state index contributed by atoms with van der Waals surface area (Å²) in [6.07, 6.45) is 3.21. The highest BCUT2D eigenvalue weighted by molar-refractivity contribution is 5.87. The normalized spacial score (nSPS) is 23.9. The maximum atomic E-state index is 8.99. The summed E-state index contributed by atoms with van der Waals surface area (Å²) in [6.45, 7) is 2.32. The van der Waals surface area contributed by atoms with Crippen LogP contribution in [0.15, 0.2) is 6.20 Å². The minimum absolute atomic E-state index is 0.0375. The second kappa shape index (κ2) is 5.29. The second-order valence-electron chi connectivity index (χ2n) is 3.96. The molecule has 17 heavy (non-hydrogen) atoms. The average molecular weight is 239 g/mol. The minimum Gasteiger partial charge on any atom is -0.476 e. The van der Waals surface area contributed by atoms with Gasteiger partial charge in [0, 0.05) is 0 Å². The molecular formula is C11H17N3O3. The molecule has 1 unspecified atom stereocenters. The third-order valence-electron chi connectivity index (χ3n) is 2.76. The molecule has 2 rings (SSSR count). The molecule has 6 heteroatoms. The number of rotatable bonds is 4. The molecule has 2 heterocycles. The molecule has 0 bridgehead atoms. The first kappa shape index (κ1) is 12.1. The minimum atomic E-state index is -0.0851. The van der Waals surface area contributed by atoms with Crippen LogP contribution in [0.4, 0.5) is 0 Å². The van der Waals surface area contributed by atoms with Crippen LogP contribution in [0.25, 0.3) is 0 Å². The summed E-state index contributed by atoms with van der Waals surface area (Å²) in [5.74, 6) is 0.452. The molecule has 0 aliphatic carbocycles. The van der Waals surface area contributed by atoms with Gasteiger partial charge in [0.1, 0.15) is 0 Å². The van der Waals surface area contributed by atoms with Crippen LogP contribution in [-0.4, -0.2) is 40.3 Å². The molecule has 1 aliphatic heterocycles. The lowest BCUT2D eigenvalue weighted by atomic mass is 10.1. The molecule has 6 nitrogen and oxygen atoms in total. The van der Waals surface area contributed by atoms with Crippen molar-refractivity contribution in [3.8, 4) is 0 Å². The number of imidazole rings is 1. The topological polar surface area (TPSA) is 91.2 Å². The van der Waals surface area contributed by atoms with Crippen LogP contribution in [0.1, 0.15) is 37.4 Å². The zero-order chi connectivity index (χ0) is 12.3. The summed E-state index contributed by atoms with van der Waals surface area (Å²) in [4.78, 5) is 7.10. The fourth-order valence-corrected chi connectivity index (χ4v) is 1.90. The van der Waals surface area contributed by atoms with Crippen LogP contribution in [0, 0.1) is 5.41 Å². The van der Waals surface area contributed by atoms with Gasteiger partial charge in [0.25, 0.3) is 0 Å². The Labute approximate surface area is 99.5 Å². The third-order valence-corrected chi connectivity index (χ3v) is 2.76. The Morgan fingerprint density at radius 2 is 2.53 bits per heavy atom. The summed E-state index contributed by atoms with van der Waals surface area (Å²) in [5, 5.41) is 16.6. The third kappa shape index (κ3) is 2.65. The van der Waals surface area contributed by atoms with E-state index in [9.17, 15) is 0 Å². The van der Waals surface area contributed by atoms with E-state index in [0.717, 1.165) is 18.5 Å². The molecule has 0 amide bonds. The van der Waals surface area contributed by atoms with Crippen LogP contribution < -0.4 is 0 Å². The van der Waals surface area contributed by atoms with Crippen LogP contribution >= 0.6 is 0 Å². The van der Waals surface area contributed by atoms with E-state index in [1.807, 2.05) is 6.92 Å². The van der Waals surface area contributed by atoms with Crippen molar-refractivity contribution in [1.82, 2.24) is 9.97 Å². The Kier molecular flexibility index (Phi) is 3.75. The first-order valence-electron chi connectivity index (χ1n) is 5.77. The number of nitrogens with one attached hydrogen (secondary N) is 2. The Hall–Kier alpha value is -1.40. The smallest absolute Gasteiger partial charge is 0.250 e. The van der Waals surface area contributed by atoms with Gasteiger partial charge in [0.05, 0.1) is 37.3 Å². The quantitative estimate of drug-likeness (QED) is 0.539. The van der Waals surface area contributed by atoms with Crippen molar-refractivity contribution in [2.75, 3.05) is 13.2 Å². The van der Waals surface area contributed by atoms with Crippen LogP contribution in [0.2, 0.25) is 0 Å². The van der Waals surface area contributed by atoms with Gasteiger partial charge in [-0.15, -0.1) is 0 Å². The Balaban J connectivity index is 2.01. The number of aliphatic hydroxyl groups excluding tert-OH is 1. The van der Waals surface area contributed by atoms with Crippen molar-refractivity contribution in [1.29, 1.82) is 5.41 Å². The molecule has 0 aromatic carbocycles. The predicted molar refractivity (Wildman–Crippen MR) is 61.0 cm³/mol. The van der Waals surface area contributed by atoms with Crippen molar-refractivity contribution in [3.05, 3.63) is 17.7 Å². The number of aromatic amines is 1. The molecule has 0 spiro atoms. The molecule has 1 aromatic heterocycles. The molecule has 0 radical (unpaired) electrons. The fourth-order valence-electron chi connectivity index (χ4n) is 1.90. The summed E-state index contributed by atoms with van der Waals surface area (Å²) >= 11 is 0. The van der Waals surface area contributed by atoms with Crippen molar-refractivity contribution in [2.24, 2.45) is 0 Å². The van der Waals surface area contributed by atoms with Gasteiger partial charge in [0.15, 0.2) is 5.82 Å². The summed E-state index contributed by atoms with van der Waals surface area (Å²) < 4.78 is 10.7. The van der Waals surface area contributed by atoms with Gasteiger partial charge in [-0.05, 0) is 19.8 Å². The summed E-state index contributed by atoms with van der Waals surface area (Å²) in [7, 11) is 0. The molecule has 1 aliphatic rings. The second-order valence-corrected chi connectivity index (χ2v) is 3.96. The monoisotopic (exact) mass is 239 g/mol. The number of ether oxygens (including phenoxy) is 2. The van der Waals surface area contributed by atoms with Gasteiger partial charge < -0.3 is 19.6 Å². The Morgan fingerprint density at radius 3 is 3.18 bits per heavy atom. The van der Waals surface area contributed by atoms with Crippen LogP contribution in [0.3, 0.4) is 0 Å². The molecule has 3 N–H and O–H groups in total. The highest BCUT2D eigenvalue weighted by atomic mass is 16.5. The lowest BCUT2D eigenvalue weighted by Crippen LogP contribution is -2.11. The fraction of sp³-hybridized carbons (Fsp3) is 0.636. The molecule has 1 aromatic rings. The summed E-state index contributed by atoms with van der Waals surface area (Å²) in [5.41, 5.74) is 0.834. The van der Waals surface area contributed by atoms with Gasteiger partial charge >= 0.3 is 0 Å². The Morgan fingerprint density at radius 1 is 1.71 bits per heavy atom. The highest BCUT2D eigenvalue weighted by Crippen LogP contribution is 2.31. The maximum absolute atomic E-state index is 8.99. The molecular weight excluding hydrogens is 222 g/mol. The lowest BCUT2D eigenvalue weighted by molar-refractivity contribution is 0.00938. The van der Waals surface area contributed by atoms with Crippen molar-refractivity contribution >= 4 is 5.90 Å². The van der Waals surface area contributed by atoms with E-state index in [1.165, 1.54) is 0 Å². The summed E-state index contributed by atoms with van der Waals surface area (Å²) in [6, 6.07) is 0. The average Bonchev–Trinajstić information content (AvgIpc) is 2.98. The maximum Gasteiger partial charge on any atom is 0.250 e. The molecule has 2 atom stereocenters. The molecule has 1 fully saturated rings. The van der Waals surface area contributed by atoms with E-state index < -0.39 is 0 Å². The standard InChI is InChI=1S/C11H17N3O3/c1-2-16-10(12)11-13-5-8(14-11)9-4-3-7(6-15)17-9/h5,7,9,12,15H,2-4,6H2,1H3,(H,13,14)/t7-,9?/m0/s1. The van der Waals surface area contributed by atoms with E-state index in [1.54, 1.807) is 6.20 Å². The number of hydrogen-bond donors (Lipinski definition) is 3. The van der Waals surface area contributed by atoms with Crippen LogP contribution in [0.5, 0.6) is 0 Å². The zero-order valence-electron chi connectivity index (χ0n) is 9.77. The van der Waals surface area contributed by atoms with E-state index in [-0.39, 0.29) is 24.7 Å². The van der Waals surface area contributed by atoms with E-state index in [0.29, 0.717) is 12.4 Å². The van der Waals surface area contributed by atoms with Crippen molar-refractivity contribution < 1.29 is 14.6 Å².